The van der Waals surface area contributed by atoms with E-state index < -0.39 is 0 Å². The minimum atomic E-state index is -0.140. The molecule has 0 saturated carbocycles. The van der Waals surface area contributed by atoms with Crippen molar-refractivity contribution < 1.29 is 4.79 Å². The summed E-state index contributed by atoms with van der Waals surface area (Å²) in [5, 5.41) is 3.00. The third-order valence-electron chi connectivity index (χ3n) is 3.07. The number of carbonyl (C=O) groups excluding carboxylic acids is 1. The number of hydrogen-bond acceptors (Lipinski definition) is 1. The van der Waals surface area contributed by atoms with E-state index in [9.17, 15) is 4.79 Å². The fourth-order valence-corrected chi connectivity index (χ4v) is 2.32. The molecule has 0 saturated heterocycles. The highest BCUT2D eigenvalue weighted by Gasteiger charge is 2.16. The Labute approximate surface area is 109 Å². The maximum absolute atomic E-state index is 11.8. The molecule has 1 aromatic rings. The molecule has 1 N–H and O–H groups in total. The van der Waals surface area contributed by atoms with Gasteiger partial charge in [0.25, 0.3) is 0 Å². The van der Waals surface area contributed by atoms with Crippen LogP contribution >= 0.6 is 0 Å². The van der Waals surface area contributed by atoms with Crippen molar-refractivity contribution in [1.29, 1.82) is 0 Å². The van der Waals surface area contributed by atoms with Gasteiger partial charge in [-0.15, -0.1) is 0 Å². The van der Waals surface area contributed by atoms with Crippen molar-refractivity contribution in [3.63, 3.8) is 0 Å². The Hall–Kier alpha value is -1.57. The number of nitrogens with one attached hydrogen (secondary N) is 1. The summed E-state index contributed by atoms with van der Waals surface area (Å²) in [4.78, 5) is 11.8. The van der Waals surface area contributed by atoms with Gasteiger partial charge in [0.05, 0.1) is 0 Å². The monoisotopic (exact) mass is 243 g/mol. The van der Waals surface area contributed by atoms with Crippen LogP contribution in [0.5, 0.6) is 0 Å². The normalized spacial score (nSPS) is 14.1. The summed E-state index contributed by atoms with van der Waals surface area (Å²) in [5.41, 5.74) is 3.87. The molecule has 2 rings (SSSR count). The largest absolute Gasteiger partial charge is 0.351 e. The van der Waals surface area contributed by atoms with Crippen molar-refractivity contribution in [3.05, 3.63) is 41.5 Å². The number of allylic oxidation sites excluding steroid dienone is 2. The summed E-state index contributed by atoms with van der Waals surface area (Å²) < 4.78 is 0. The lowest BCUT2D eigenvalue weighted by molar-refractivity contribution is -0.122. The lowest BCUT2D eigenvalue weighted by atomic mass is 10.0. The van der Waals surface area contributed by atoms with Gasteiger partial charge in [-0.05, 0) is 50.3 Å². The fraction of sp³-hybridized carbons (Fsp3) is 0.438. The van der Waals surface area contributed by atoms with Crippen LogP contribution in [0.25, 0.3) is 5.57 Å². The molecule has 0 aromatic heterocycles. The van der Waals surface area contributed by atoms with Crippen molar-refractivity contribution in [1.82, 2.24) is 5.32 Å². The highest BCUT2D eigenvalue weighted by atomic mass is 16.1. The van der Waals surface area contributed by atoms with E-state index in [1.807, 2.05) is 20.8 Å². The zero-order chi connectivity index (χ0) is 13.2. The zero-order valence-corrected chi connectivity index (χ0v) is 11.4. The lowest BCUT2D eigenvalue weighted by Gasteiger charge is -2.20. The van der Waals surface area contributed by atoms with E-state index >= 15 is 0 Å². The SMILES string of the molecule is CC(C)(C)NC(=O)CCC1=CCc2ccccc21. The Morgan fingerprint density at radius 3 is 2.72 bits per heavy atom. The van der Waals surface area contributed by atoms with Crippen LogP contribution in [0.1, 0.15) is 44.7 Å². The van der Waals surface area contributed by atoms with Crippen molar-refractivity contribution in [2.45, 2.75) is 45.6 Å². The molecule has 0 spiro atoms. The maximum atomic E-state index is 11.8. The van der Waals surface area contributed by atoms with Crippen LogP contribution in [0.4, 0.5) is 0 Å². The summed E-state index contributed by atoms with van der Waals surface area (Å²) in [5.74, 6) is 0.132. The molecule has 1 amide bonds. The van der Waals surface area contributed by atoms with E-state index in [0.29, 0.717) is 6.42 Å². The molecule has 0 fully saturated rings. The van der Waals surface area contributed by atoms with Crippen LogP contribution in [-0.4, -0.2) is 11.4 Å². The second-order valence-electron chi connectivity index (χ2n) is 5.89. The molecule has 0 unspecified atom stereocenters. The molecular weight excluding hydrogens is 222 g/mol. The third kappa shape index (κ3) is 3.22. The predicted molar refractivity (Wildman–Crippen MR) is 75.3 cm³/mol. The van der Waals surface area contributed by atoms with Gasteiger partial charge in [-0.3, -0.25) is 4.79 Å². The summed E-state index contributed by atoms with van der Waals surface area (Å²) in [6.07, 6.45) is 4.65. The molecule has 0 radical (unpaired) electrons. The second kappa shape index (κ2) is 4.97. The van der Waals surface area contributed by atoms with Gasteiger partial charge >= 0.3 is 0 Å². The Morgan fingerprint density at radius 2 is 2.00 bits per heavy atom. The highest BCUT2D eigenvalue weighted by Crippen LogP contribution is 2.30. The Bertz CT molecular complexity index is 480. The summed E-state index contributed by atoms with van der Waals surface area (Å²) >= 11 is 0. The van der Waals surface area contributed by atoms with Crippen molar-refractivity contribution in [3.8, 4) is 0 Å². The van der Waals surface area contributed by atoms with Crippen LogP contribution in [-0.2, 0) is 11.2 Å². The molecule has 1 aliphatic rings. The Kier molecular flexibility index (Phi) is 3.55. The molecule has 2 heteroatoms. The number of amides is 1. The maximum Gasteiger partial charge on any atom is 0.220 e. The van der Waals surface area contributed by atoms with Gasteiger partial charge in [0, 0.05) is 12.0 Å². The first-order chi connectivity index (χ1) is 8.46. The lowest BCUT2D eigenvalue weighted by Crippen LogP contribution is -2.40. The smallest absolute Gasteiger partial charge is 0.220 e. The quantitative estimate of drug-likeness (QED) is 0.867. The minimum Gasteiger partial charge on any atom is -0.351 e. The summed E-state index contributed by atoms with van der Waals surface area (Å²) in [7, 11) is 0. The average molecular weight is 243 g/mol. The second-order valence-corrected chi connectivity index (χ2v) is 5.89. The first-order valence-electron chi connectivity index (χ1n) is 6.54. The summed E-state index contributed by atoms with van der Waals surface area (Å²) in [6, 6.07) is 8.44. The van der Waals surface area contributed by atoms with Crippen LogP contribution in [0.3, 0.4) is 0 Å². The summed E-state index contributed by atoms with van der Waals surface area (Å²) in [6.45, 7) is 6.03. The number of fused-ring (bicyclic) bond motifs is 1. The van der Waals surface area contributed by atoms with Crippen LogP contribution < -0.4 is 5.32 Å². The van der Waals surface area contributed by atoms with Gasteiger partial charge < -0.3 is 5.32 Å². The van der Waals surface area contributed by atoms with Crippen molar-refractivity contribution in [2.75, 3.05) is 0 Å². The topological polar surface area (TPSA) is 29.1 Å². The van der Waals surface area contributed by atoms with Crippen molar-refractivity contribution in [2.24, 2.45) is 0 Å². The first kappa shape index (κ1) is 12.9. The average Bonchev–Trinajstić information content (AvgIpc) is 2.67. The van der Waals surface area contributed by atoms with Gasteiger partial charge in [-0.2, -0.15) is 0 Å². The van der Waals surface area contributed by atoms with Crippen LogP contribution in [0.2, 0.25) is 0 Å². The molecule has 0 heterocycles. The van der Waals surface area contributed by atoms with E-state index in [-0.39, 0.29) is 11.4 Å². The number of benzene rings is 1. The van der Waals surface area contributed by atoms with Crippen molar-refractivity contribution >= 4 is 11.5 Å². The molecular formula is C16H21NO. The number of carbonyl (C=O) groups is 1. The van der Waals surface area contributed by atoms with E-state index in [0.717, 1.165) is 12.8 Å². The number of hydrogen-bond donors (Lipinski definition) is 1. The van der Waals surface area contributed by atoms with Gasteiger partial charge in [-0.25, -0.2) is 0 Å². The van der Waals surface area contributed by atoms with Crippen LogP contribution in [0, 0.1) is 0 Å². The van der Waals surface area contributed by atoms with Gasteiger partial charge in [0.15, 0.2) is 0 Å². The molecule has 96 valence electrons. The fourth-order valence-electron chi connectivity index (χ4n) is 2.32. The third-order valence-corrected chi connectivity index (χ3v) is 3.07. The standard InChI is InChI=1S/C16H21NO/c1-16(2,3)17-15(18)11-10-13-9-8-12-6-4-5-7-14(12)13/h4-7,9H,8,10-11H2,1-3H3,(H,17,18). The molecule has 2 nitrogen and oxygen atoms in total. The van der Waals surface area contributed by atoms with E-state index in [1.165, 1.54) is 16.7 Å². The van der Waals surface area contributed by atoms with Crippen LogP contribution in [0.15, 0.2) is 30.3 Å². The number of rotatable bonds is 3. The predicted octanol–water partition coefficient (Wildman–Crippen LogP) is 3.32. The minimum absolute atomic E-state index is 0.132. The molecule has 1 aromatic carbocycles. The molecule has 0 atom stereocenters. The molecule has 0 bridgehead atoms. The van der Waals surface area contributed by atoms with E-state index in [4.69, 9.17) is 0 Å². The molecule has 1 aliphatic carbocycles. The zero-order valence-electron chi connectivity index (χ0n) is 11.4. The van der Waals surface area contributed by atoms with Gasteiger partial charge in [0.2, 0.25) is 5.91 Å². The van der Waals surface area contributed by atoms with E-state index in [2.05, 4.69) is 35.7 Å². The van der Waals surface area contributed by atoms with Gasteiger partial charge in [-0.1, -0.05) is 30.3 Å². The Balaban J connectivity index is 1.91. The van der Waals surface area contributed by atoms with Gasteiger partial charge in [0.1, 0.15) is 0 Å². The Morgan fingerprint density at radius 1 is 1.28 bits per heavy atom. The molecule has 0 aliphatic heterocycles. The highest BCUT2D eigenvalue weighted by molar-refractivity contribution is 5.81. The van der Waals surface area contributed by atoms with E-state index in [1.54, 1.807) is 0 Å². The first-order valence-corrected chi connectivity index (χ1v) is 6.54. The molecule has 18 heavy (non-hydrogen) atoms.